The second-order valence-corrected chi connectivity index (χ2v) is 5.62. The van der Waals surface area contributed by atoms with Crippen LogP contribution in [0.2, 0.25) is 0 Å². The average molecular weight is 309 g/mol. The Hall–Kier alpha value is -2.75. The molecule has 0 aliphatic carbocycles. The van der Waals surface area contributed by atoms with Crippen LogP contribution in [0.15, 0.2) is 48.5 Å². The highest BCUT2D eigenvalue weighted by Crippen LogP contribution is 2.25. The number of fused-ring (bicyclic) bond motifs is 1. The fraction of sp³-hybridized carbons (Fsp3) is 0.211. The summed E-state index contributed by atoms with van der Waals surface area (Å²) < 4.78 is 5.85. The zero-order valence-electron chi connectivity index (χ0n) is 13.0. The minimum atomic E-state index is -0.791. The molecule has 4 heteroatoms. The molecule has 2 N–H and O–H groups in total. The van der Waals surface area contributed by atoms with Crippen LogP contribution in [0.5, 0.6) is 5.75 Å². The van der Waals surface area contributed by atoms with E-state index < -0.39 is 5.97 Å². The number of carbonyl (C=O) groups is 1. The number of carboxylic acid groups (broad SMARTS) is 1. The van der Waals surface area contributed by atoms with Gasteiger partial charge in [0, 0.05) is 17.3 Å². The first-order valence-electron chi connectivity index (χ1n) is 7.63. The fourth-order valence-electron chi connectivity index (χ4n) is 2.69. The first-order chi connectivity index (χ1) is 11.1. The largest absolute Gasteiger partial charge is 0.487 e. The SMILES string of the molecule is Cc1ccc(OCc2[nH]c3ccccc3c2CCC(=O)O)cc1. The van der Waals surface area contributed by atoms with Crippen molar-refractivity contribution in [1.29, 1.82) is 0 Å². The number of aromatic nitrogens is 1. The Labute approximate surface area is 134 Å². The summed E-state index contributed by atoms with van der Waals surface area (Å²) in [6.07, 6.45) is 0.602. The summed E-state index contributed by atoms with van der Waals surface area (Å²) in [5, 5.41) is 10.0. The molecule has 0 unspecified atom stereocenters. The van der Waals surface area contributed by atoms with Crippen molar-refractivity contribution in [3.05, 3.63) is 65.4 Å². The van der Waals surface area contributed by atoms with Crippen LogP contribution in [0.25, 0.3) is 10.9 Å². The third-order valence-corrected chi connectivity index (χ3v) is 3.90. The molecule has 0 atom stereocenters. The zero-order valence-corrected chi connectivity index (χ0v) is 13.0. The molecule has 0 aliphatic rings. The highest BCUT2D eigenvalue weighted by molar-refractivity contribution is 5.85. The van der Waals surface area contributed by atoms with Gasteiger partial charge in [0.25, 0.3) is 0 Å². The molecule has 0 saturated carbocycles. The van der Waals surface area contributed by atoms with Crippen LogP contribution in [0, 0.1) is 6.92 Å². The van der Waals surface area contributed by atoms with Crippen LogP contribution >= 0.6 is 0 Å². The van der Waals surface area contributed by atoms with Crippen molar-refractivity contribution in [2.45, 2.75) is 26.4 Å². The third kappa shape index (κ3) is 3.54. The molecule has 0 bridgehead atoms. The first kappa shape index (κ1) is 15.2. The lowest BCUT2D eigenvalue weighted by molar-refractivity contribution is -0.136. The highest BCUT2D eigenvalue weighted by Gasteiger charge is 2.13. The molecule has 3 rings (SSSR count). The molecule has 0 fully saturated rings. The predicted molar refractivity (Wildman–Crippen MR) is 89.8 cm³/mol. The van der Waals surface area contributed by atoms with E-state index in [2.05, 4.69) is 4.98 Å². The summed E-state index contributed by atoms with van der Waals surface area (Å²) in [4.78, 5) is 14.3. The quantitative estimate of drug-likeness (QED) is 0.721. The Morgan fingerprint density at radius 1 is 1.13 bits per heavy atom. The van der Waals surface area contributed by atoms with Gasteiger partial charge in [0.2, 0.25) is 0 Å². The summed E-state index contributed by atoms with van der Waals surface area (Å²) in [7, 11) is 0. The Bertz CT molecular complexity index is 818. The summed E-state index contributed by atoms with van der Waals surface area (Å²) in [5.74, 6) is 0.0131. The summed E-state index contributed by atoms with van der Waals surface area (Å²) >= 11 is 0. The number of carboxylic acids is 1. The van der Waals surface area contributed by atoms with E-state index in [1.165, 1.54) is 5.56 Å². The van der Waals surface area contributed by atoms with Crippen molar-refractivity contribution in [3.8, 4) is 5.75 Å². The molecule has 0 aliphatic heterocycles. The number of ether oxygens (including phenoxy) is 1. The molecule has 1 heterocycles. The third-order valence-electron chi connectivity index (χ3n) is 3.90. The number of aliphatic carboxylic acids is 1. The normalized spacial score (nSPS) is 10.8. The Kier molecular flexibility index (Phi) is 4.33. The number of rotatable bonds is 6. The second-order valence-electron chi connectivity index (χ2n) is 5.62. The summed E-state index contributed by atoms with van der Waals surface area (Å²) in [5.41, 5.74) is 4.16. The molecule has 0 amide bonds. The number of aromatic amines is 1. The van der Waals surface area contributed by atoms with Gasteiger partial charge in [0.1, 0.15) is 12.4 Å². The number of benzene rings is 2. The van der Waals surface area contributed by atoms with E-state index in [4.69, 9.17) is 9.84 Å². The molecule has 1 aromatic heterocycles. The lowest BCUT2D eigenvalue weighted by Crippen LogP contribution is -2.02. The number of hydrogen-bond donors (Lipinski definition) is 2. The first-order valence-corrected chi connectivity index (χ1v) is 7.63. The number of H-pyrrole nitrogens is 1. The van der Waals surface area contributed by atoms with Gasteiger partial charge in [-0.3, -0.25) is 4.79 Å². The van der Waals surface area contributed by atoms with Crippen LogP contribution in [-0.2, 0) is 17.8 Å². The molecule has 4 nitrogen and oxygen atoms in total. The molecular formula is C19H19NO3. The maximum absolute atomic E-state index is 10.9. The van der Waals surface area contributed by atoms with Crippen LogP contribution < -0.4 is 4.74 Å². The van der Waals surface area contributed by atoms with Gasteiger partial charge in [0.15, 0.2) is 0 Å². The Morgan fingerprint density at radius 3 is 2.61 bits per heavy atom. The van der Waals surface area contributed by atoms with Gasteiger partial charge in [-0.25, -0.2) is 0 Å². The molecule has 0 saturated heterocycles. The molecule has 0 radical (unpaired) electrons. The lowest BCUT2D eigenvalue weighted by Gasteiger charge is -2.07. The van der Waals surface area contributed by atoms with E-state index in [1.54, 1.807) is 0 Å². The molecule has 3 aromatic rings. The van der Waals surface area contributed by atoms with Gasteiger partial charge < -0.3 is 14.8 Å². The molecule has 0 spiro atoms. The minimum absolute atomic E-state index is 0.110. The van der Waals surface area contributed by atoms with Gasteiger partial charge in [-0.2, -0.15) is 0 Å². The molecular weight excluding hydrogens is 290 g/mol. The maximum Gasteiger partial charge on any atom is 0.303 e. The van der Waals surface area contributed by atoms with Crippen LogP contribution in [0.1, 0.15) is 23.2 Å². The molecule has 23 heavy (non-hydrogen) atoms. The molecule has 2 aromatic carbocycles. The van der Waals surface area contributed by atoms with E-state index in [1.807, 2.05) is 55.5 Å². The van der Waals surface area contributed by atoms with Crippen molar-refractivity contribution in [3.63, 3.8) is 0 Å². The van der Waals surface area contributed by atoms with Gasteiger partial charge >= 0.3 is 5.97 Å². The fourth-order valence-corrected chi connectivity index (χ4v) is 2.69. The van der Waals surface area contributed by atoms with E-state index in [0.717, 1.165) is 27.9 Å². The van der Waals surface area contributed by atoms with E-state index in [-0.39, 0.29) is 6.42 Å². The topological polar surface area (TPSA) is 62.3 Å². The zero-order chi connectivity index (χ0) is 16.2. The van der Waals surface area contributed by atoms with Crippen molar-refractivity contribution < 1.29 is 14.6 Å². The van der Waals surface area contributed by atoms with Crippen LogP contribution in [0.4, 0.5) is 0 Å². The highest BCUT2D eigenvalue weighted by atomic mass is 16.5. The second kappa shape index (κ2) is 6.57. The Balaban J connectivity index is 1.84. The average Bonchev–Trinajstić information content (AvgIpc) is 2.90. The monoisotopic (exact) mass is 309 g/mol. The van der Waals surface area contributed by atoms with Gasteiger partial charge in [0.05, 0.1) is 5.69 Å². The smallest absolute Gasteiger partial charge is 0.303 e. The van der Waals surface area contributed by atoms with E-state index >= 15 is 0 Å². The van der Waals surface area contributed by atoms with Gasteiger partial charge in [-0.05, 0) is 37.1 Å². The summed E-state index contributed by atoms with van der Waals surface area (Å²) in [6, 6.07) is 15.8. The van der Waals surface area contributed by atoms with Crippen LogP contribution in [-0.4, -0.2) is 16.1 Å². The standard InChI is InChI=1S/C19H19NO3/c1-13-6-8-14(9-7-13)23-12-18-16(10-11-19(21)22)15-4-2-3-5-17(15)20-18/h2-9,20H,10-12H2,1H3,(H,21,22). The number of aryl methyl sites for hydroxylation is 2. The molecule has 118 valence electrons. The van der Waals surface area contributed by atoms with Gasteiger partial charge in [-0.15, -0.1) is 0 Å². The lowest BCUT2D eigenvalue weighted by atomic mass is 10.1. The maximum atomic E-state index is 10.9. The number of para-hydroxylation sites is 1. The van der Waals surface area contributed by atoms with Crippen molar-refractivity contribution in [2.24, 2.45) is 0 Å². The summed E-state index contributed by atoms with van der Waals surface area (Å²) in [6.45, 7) is 2.43. The Morgan fingerprint density at radius 2 is 1.87 bits per heavy atom. The van der Waals surface area contributed by atoms with Crippen molar-refractivity contribution in [2.75, 3.05) is 0 Å². The number of hydrogen-bond acceptors (Lipinski definition) is 2. The predicted octanol–water partition coefficient (Wildman–Crippen LogP) is 4.07. The van der Waals surface area contributed by atoms with Gasteiger partial charge in [-0.1, -0.05) is 35.9 Å². The van der Waals surface area contributed by atoms with E-state index in [0.29, 0.717) is 13.0 Å². The van der Waals surface area contributed by atoms with Crippen molar-refractivity contribution in [1.82, 2.24) is 4.98 Å². The minimum Gasteiger partial charge on any atom is -0.487 e. The van der Waals surface area contributed by atoms with Crippen molar-refractivity contribution >= 4 is 16.9 Å². The number of nitrogens with one attached hydrogen (secondary N) is 1. The van der Waals surface area contributed by atoms with Crippen LogP contribution in [0.3, 0.4) is 0 Å². The van der Waals surface area contributed by atoms with E-state index in [9.17, 15) is 4.79 Å².